The van der Waals surface area contributed by atoms with Crippen LogP contribution in [0.3, 0.4) is 0 Å². The van der Waals surface area contributed by atoms with Crippen LogP contribution in [0, 0.1) is 13.8 Å². The number of benzene rings is 2. The third-order valence-electron chi connectivity index (χ3n) is 3.91. The predicted octanol–water partition coefficient (Wildman–Crippen LogP) is 2.87. The Morgan fingerprint density at radius 3 is 2.48 bits per heavy atom. The maximum atomic E-state index is 12.3. The molecule has 0 aliphatic heterocycles. The highest BCUT2D eigenvalue weighted by atomic mass is 32.2. The van der Waals surface area contributed by atoms with Crippen LogP contribution >= 0.6 is 0 Å². The van der Waals surface area contributed by atoms with E-state index in [4.69, 9.17) is 4.42 Å². The summed E-state index contributed by atoms with van der Waals surface area (Å²) in [6.45, 7) is 4.02. The molecule has 0 spiro atoms. The molecule has 130 valence electrons. The van der Waals surface area contributed by atoms with Crippen molar-refractivity contribution in [1.82, 2.24) is 14.9 Å². The second kappa shape index (κ2) is 7.16. The standard InChI is InChI=1S/C18H19N3O3S/c1-13-8-9-16(12-14(13)2)25(22,23)19-11-10-17-20-21-18(24-17)15-6-4-3-5-7-15/h3-9,12,19H,10-11H2,1-2H3. The minimum Gasteiger partial charge on any atom is -0.421 e. The van der Waals surface area contributed by atoms with E-state index in [-0.39, 0.29) is 11.4 Å². The maximum Gasteiger partial charge on any atom is 0.247 e. The zero-order valence-corrected chi connectivity index (χ0v) is 14.9. The van der Waals surface area contributed by atoms with Crippen molar-refractivity contribution in [1.29, 1.82) is 0 Å². The first-order chi connectivity index (χ1) is 12.0. The third-order valence-corrected chi connectivity index (χ3v) is 5.37. The Morgan fingerprint density at radius 1 is 1.00 bits per heavy atom. The first-order valence-electron chi connectivity index (χ1n) is 7.90. The Labute approximate surface area is 147 Å². The van der Waals surface area contributed by atoms with Gasteiger partial charge in [0.05, 0.1) is 4.90 Å². The fourth-order valence-electron chi connectivity index (χ4n) is 2.31. The highest BCUT2D eigenvalue weighted by Crippen LogP contribution is 2.17. The van der Waals surface area contributed by atoms with Crippen molar-refractivity contribution in [2.24, 2.45) is 0 Å². The summed E-state index contributed by atoms with van der Waals surface area (Å²) in [5.74, 6) is 0.814. The molecule has 1 aromatic heterocycles. The van der Waals surface area contributed by atoms with Gasteiger partial charge in [0, 0.05) is 18.5 Å². The van der Waals surface area contributed by atoms with Crippen molar-refractivity contribution in [3.63, 3.8) is 0 Å². The molecule has 1 heterocycles. The maximum absolute atomic E-state index is 12.3. The van der Waals surface area contributed by atoms with Gasteiger partial charge in [0.15, 0.2) is 0 Å². The lowest BCUT2D eigenvalue weighted by molar-refractivity contribution is 0.502. The monoisotopic (exact) mass is 357 g/mol. The quantitative estimate of drug-likeness (QED) is 0.733. The van der Waals surface area contributed by atoms with Crippen LogP contribution in [0.2, 0.25) is 0 Å². The van der Waals surface area contributed by atoms with Gasteiger partial charge < -0.3 is 4.42 Å². The zero-order valence-electron chi connectivity index (χ0n) is 14.1. The van der Waals surface area contributed by atoms with Crippen LogP contribution in [-0.4, -0.2) is 25.2 Å². The van der Waals surface area contributed by atoms with E-state index in [1.54, 1.807) is 18.2 Å². The summed E-state index contributed by atoms with van der Waals surface area (Å²) in [6.07, 6.45) is 0.323. The van der Waals surface area contributed by atoms with Gasteiger partial charge in [0.25, 0.3) is 0 Å². The minimum absolute atomic E-state index is 0.186. The first kappa shape index (κ1) is 17.3. The summed E-state index contributed by atoms with van der Waals surface area (Å²) >= 11 is 0. The molecule has 0 bridgehead atoms. The molecule has 0 saturated carbocycles. The number of aromatic nitrogens is 2. The summed E-state index contributed by atoms with van der Waals surface area (Å²) in [5, 5.41) is 7.95. The fraction of sp³-hybridized carbons (Fsp3) is 0.222. The summed E-state index contributed by atoms with van der Waals surface area (Å²) in [4.78, 5) is 0.256. The largest absolute Gasteiger partial charge is 0.421 e. The molecule has 0 aliphatic rings. The first-order valence-corrected chi connectivity index (χ1v) is 9.39. The smallest absolute Gasteiger partial charge is 0.247 e. The van der Waals surface area contributed by atoms with Gasteiger partial charge in [0.1, 0.15) is 0 Å². The van der Waals surface area contributed by atoms with E-state index in [0.29, 0.717) is 18.2 Å². The fourth-order valence-corrected chi connectivity index (χ4v) is 3.43. The third kappa shape index (κ3) is 4.12. The number of rotatable bonds is 6. The van der Waals surface area contributed by atoms with E-state index in [9.17, 15) is 8.42 Å². The van der Waals surface area contributed by atoms with Crippen LogP contribution in [0.1, 0.15) is 17.0 Å². The van der Waals surface area contributed by atoms with Gasteiger partial charge in [-0.15, -0.1) is 10.2 Å². The van der Waals surface area contributed by atoms with Crippen LogP contribution < -0.4 is 4.72 Å². The Kier molecular flexibility index (Phi) is 4.96. The van der Waals surface area contributed by atoms with Gasteiger partial charge in [0.2, 0.25) is 21.8 Å². The van der Waals surface area contributed by atoms with E-state index < -0.39 is 10.0 Å². The topological polar surface area (TPSA) is 85.1 Å². The minimum atomic E-state index is -3.55. The Bertz CT molecular complexity index is 966. The van der Waals surface area contributed by atoms with Gasteiger partial charge in [-0.05, 0) is 49.2 Å². The Balaban J connectivity index is 1.63. The van der Waals surface area contributed by atoms with Crippen LogP contribution in [0.4, 0.5) is 0 Å². The molecule has 0 aliphatic carbocycles. The highest BCUT2D eigenvalue weighted by molar-refractivity contribution is 7.89. The SMILES string of the molecule is Cc1ccc(S(=O)(=O)NCCc2nnc(-c3ccccc3)o2)cc1C. The summed E-state index contributed by atoms with van der Waals surface area (Å²) < 4.78 is 32.8. The number of nitrogens with zero attached hydrogens (tertiary/aromatic N) is 2. The van der Waals surface area contributed by atoms with E-state index >= 15 is 0 Å². The lowest BCUT2D eigenvalue weighted by Crippen LogP contribution is -2.26. The molecule has 3 rings (SSSR count). The molecule has 0 saturated heterocycles. The average molecular weight is 357 g/mol. The van der Waals surface area contributed by atoms with Crippen LogP contribution in [-0.2, 0) is 16.4 Å². The van der Waals surface area contributed by atoms with Crippen molar-refractivity contribution < 1.29 is 12.8 Å². The van der Waals surface area contributed by atoms with E-state index in [1.807, 2.05) is 44.2 Å². The van der Waals surface area contributed by atoms with Crippen molar-refractivity contribution in [3.05, 3.63) is 65.5 Å². The molecular formula is C18H19N3O3S. The molecule has 0 amide bonds. The second-order valence-electron chi connectivity index (χ2n) is 5.76. The van der Waals surface area contributed by atoms with Crippen molar-refractivity contribution in [2.45, 2.75) is 25.2 Å². The summed E-state index contributed by atoms with van der Waals surface area (Å²) in [7, 11) is -3.55. The predicted molar refractivity (Wildman–Crippen MR) is 94.5 cm³/mol. The lowest BCUT2D eigenvalue weighted by Gasteiger charge is -2.07. The summed E-state index contributed by atoms with van der Waals surface area (Å²) in [5.41, 5.74) is 2.82. The lowest BCUT2D eigenvalue weighted by atomic mass is 10.1. The Hall–Kier alpha value is -2.51. The number of nitrogens with one attached hydrogen (secondary N) is 1. The highest BCUT2D eigenvalue weighted by Gasteiger charge is 2.15. The van der Waals surface area contributed by atoms with Crippen LogP contribution in [0.15, 0.2) is 57.8 Å². The van der Waals surface area contributed by atoms with E-state index in [2.05, 4.69) is 14.9 Å². The van der Waals surface area contributed by atoms with Gasteiger partial charge in [-0.3, -0.25) is 0 Å². The van der Waals surface area contributed by atoms with Crippen LogP contribution in [0.25, 0.3) is 11.5 Å². The molecule has 3 aromatic rings. The average Bonchev–Trinajstić information content (AvgIpc) is 3.07. The van der Waals surface area contributed by atoms with Gasteiger partial charge in [-0.1, -0.05) is 24.3 Å². The van der Waals surface area contributed by atoms with Crippen LogP contribution in [0.5, 0.6) is 0 Å². The van der Waals surface area contributed by atoms with Crippen molar-refractivity contribution in [3.8, 4) is 11.5 Å². The molecule has 2 aromatic carbocycles. The Morgan fingerprint density at radius 2 is 1.76 bits per heavy atom. The number of hydrogen-bond acceptors (Lipinski definition) is 5. The molecule has 7 heteroatoms. The van der Waals surface area contributed by atoms with Gasteiger partial charge >= 0.3 is 0 Å². The molecule has 0 fully saturated rings. The van der Waals surface area contributed by atoms with Crippen molar-refractivity contribution >= 4 is 10.0 Å². The van der Waals surface area contributed by atoms with Crippen molar-refractivity contribution in [2.75, 3.05) is 6.54 Å². The number of hydrogen-bond donors (Lipinski definition) is 1. The molecular weight excluding hydrogens is 338 g/mol. The summed E-state index contributed by atoms with van der Waals surface area (Å²) in [6, 6.07) is 14.5. The normalized spacial score (nSPS) is 11.6. The number of sulfonamides is 1. The zero-order chi connectivity index (χ0) is 17.9. The second-order valence-corrected chi connectivity index (χ2v) is 7.53. The molecule has 0 radical (unpaired) electrons. The molecule has 25 heavy (non-hydrogen) atoms. The molecule has 1 N–H and O–H groups in total. The van der Waals surface area contributed by atoms with E-state index in [0.717, 1.165) is 16.7 Å². The molecule has 0 unspecified atom stereocenters. The van der Waals surface area contributed by atoms with Gasteiger partial charge in [-0.25, -0.2) is 13.1 Å². The number of aryl methyl sites for hydroxylation is 2. The van der Waals surface area contributed by atoms with E-state index in [1.165, 1.54) is 0 Å². The molecule has 0 atom stereocenters. The molecule has 6 nitrogen and oxygen atoms in total. The van der Waals surface area contributed by atoms with Gasteiger partial charge in [-0.2, -0.15) is 0 Å².